The molecule has 2 aliphatic carbocycles. The van der Waals surface area contributed by atoms with Gasteiger partial charge in [-0.05, 0) is 50.8 Å². The first-order chi connectivity index (χ1) is 13.5. The average molecular weight is 387 g/mol. The van der Waals surface area contributed by atoms with E-state index in [1.165, 1.54) is 5.57 Å². The van der Waals surface area contributed by atoms with E-state index in [1.807, 2.05) is 6.07 Å². The van der Waals surface area contributed by atoms with Gasteiger partial charge < -0.3 is 28.6 Å². The van der Waals surface area contributed by atoms with Crippen molar-refractivity contribution in [2.75, 3.05) is 49.1 Å². The molecule has 6 heteroatoms. The minimum absolute atomic E-state index is 0.324. The van der Waals surface area contributed by atoms with Gasteiger partial charge in [-0.15, -0.1) is 0 Å². The van der Waals surface area contributed by atoms with Crippen LogP contribution in [0.3, 0.4) is 0 Å². The molecular formula is C22H29NO5. The SMILES string of the molecule is COC1=CC2=CCC(OC)(OC)[C@@H]3Oc4c(OC)ccc1c4[C@]23CCN(C)C. The lowest BCUT2D eigenvalue weighted by Gasteiger charge is -2.49. The zero-order chi connectivity index (χ0) is 20.1. The highest BCUT2D eigenvalue weighted by molar-refractivity contribution is 5.80. The van der Waals surface area contributed by atoms with Crippen LogP contribution in [0.5, 0.6) is 11.5 Å². The van der Waals surface area contributed by atoms with Crippen LogP contribution in [0.2, 0.25) is 0 Å². The largest absolute Gasteiger partial charge is 0.496 e. The Kier molecular flexibility index (Phi) is 4.68. The highest BCUT2D eigenvalue weighted by atomic mass is 16.7. The minimum atomic E-state index is -0.866. The second-order valence-corrected chi connectivity index (χ2v) is 7.84. The van der Waals surface area contributed by atoms with Gasteiger partial charge in [0.2, 0.25) is 5.79 Å². The van der Waals surface area contributed by atoms with Crippen molar-refractivity contribution >= 4 is 5.76 Å². The van der Waals surface area contributed by atoms with E-state index in [1.54, 1.807) is 28.4 Å². The molecule has 1 heterocycles. The van der Waals surface area contributed by atoms with Crippen molar-refractivity contribution in [1.82, 2.24) is 4.90 Å². The first-order valence-corrected chi connectivity index (χ1v) is 9.57. The van der Waals surface area contributed by atoms with E-state index in [-0.39, 0.29) is 6.10 Å². The second kappa shape index (κ2) is 6.79. The molecule has 0 amide bonds. The number of ether oxygens (including phenoxy) is 5. The van der Waals surface area contributed by atoms with Crippen molar-refractivity contribution in [3.05, 3.63) is 41.0 Å². The van der Waals surface area contributed by atoms with Crippen LogP contribution in [0.25, 0.3) is 5.76 Å². The molecule has 1 aromatic carbocycles. The van der Waals surface area contributed by atoms with Crippen LogP contribution in [0.15, 0.2) is 29.9 Å². The maximum absolute atomic E-state index is 6.63. The molecule has 4 rings (SSSR count). The van der Waals surface area contributed by atoms with Gasteiger partial charge >= 0.3 is 0 Å². The molecule has 152 valence electrons. The number of methoxy groups -OCH3 is 4. The van der Waals surface area contributed by atoms with E-state index in [0.29, 0.717) is 6.42 Å². The lowest BCUT2D eigenvalue weighted by Crippen LogP contribution is -2.60. The normalized spacial score (nSPS) is 26.3. The number of benzene rings is 1. The number of nitrogens with zero attached hydrogens (tertiary/aromatic N) is 1. The van der Waals surface area contributed by atoms with Crippen LogP contribution < -0.4 is 9.47 Å². The average Bonchev–Trinajstić information content (AvgIpc) is 3.08. The quantitative estimate of drug-likeness (QED) is 0.671. The number of hydrogen-bond donors (Lipinski definition) is 0. The van der Waals surface area contributed by atoms with Gasteiger partial charge in [-0.25, -0.2) is 0 Å². The molecule has 0 saturated heterocycles. The van der Waals surface area contributed by atoms with Crippen molar-refractivity contribution < 1.29 is 23.7 Å². The monoisotopic (exact) mass is 387 g/mol. The zero-order valence-electron chi connectivity index (χ0n) is 17.5. The molecule has 0 N–H and O–H groups in total. The van der Waals surface area contributed by atoms with Gasteiger partial charge in [0.15, 0.2) is 17.6 Å². The summed E-state index contributed by atoms with van der Waals surface area (Å²) in [7, 11) is 10.9. The molecule has 0 unspecified atom stereocenters. The molecule has 0 fully saturated rings. The van der Waals surface area contributed by atoms with Crippen LogP contribution in [0.1, 0.15) is 24.0 Å². The van der Waals surface area contributed by atoms with Crippen molar-refractivity contribution in [3.8, 4) is 11.5 Å². The van der Waals surface area contributed by atoms with Gasteiger partial charge in [0.1, 0.15) is 5.76 Å². The Bertz CT molecular complexity index is 840. The van der Waals surface area contributed by atoms with Gasteiger partial charge in [-0.1, -0.05) is 6.08 Å². The third-order valence-corrected chi connectivity index (χ3v) is 6.41. The lowest BCUT2D eigenvalue weighted by atomic mass is 9.60. The van der Waals surface area contributed by atoms with Crippen molar-refractivity contribution in [2.24, 2.45) is 0 Å². The Hall–Kier alpha value is -2.02. The molecule has 0 saturated carbocycles. The Balaban J connectivity index is 2.03. The molecular weight excluding hydrogens is 358 g/mol. The minimum Gasteiger partial charge on any atom is -0.496 e. The smallest absolute Gasteiger partial charge is 0.210 e. The molecule has 1 aromatic rings. The van der Waals surface area contributed by atoms with E-state index in [4.69, 9.17) is 23.7 Å². The van der Waals surface area contributed by atoms with E-state index < -0.39 is 11.2 Å². The molecule has 0 bridgehead atoms. The van der Waals surface area contributed by atoms with Crippen LogP contribution in [-0.2, 0) is 19.6 Å². The predicted molar refractivity (Wildman–Crippen MR) is 107 cm³/mol. The lowest BCUT2D eigenvalue weighted by molar-refractivity contribution is -0.261. The zero-order valence-corrected chi connectivity index (χ0v) is 17.5. The third kappa shape index (κ3) is 2.38. The molecule has 1 aliphatic heterocycles. The standard InChI is InChI=1S/C22H29NO5/c1-23(2)12-11-21-14-9-10-22(26-5,27-6)20(21)28-19-16(24-3)8-7-15(18(19)21)17(13-14)25-4/h7-9,13,20H,10-12H2,1-6H3/t20-,21+/m1/s1. The summed E-state index contributed by atoms with van der Waals surface area (Å²) in [6, 6.07) is 4.00. The summed E-state index contributed by atoms with van der Waals surface area (Å²) in [5, 5.41) is 0. The van der Waals surface area contributed by atoms with Crippen molar-refractivity contribution in [3.63, 3.8) is 0 Å². The predicted octanol–water partition coefficient (Wildman–Crippen LogP) is 2.97. The fourth-order valence-electron chi connectivity index (χ4n) is 4.98. The molecule has 0 aromatic heterocycles. The summed E-state index contributed by atoms with van der Waals surface area (Å²) in [6.07, 6.45) is 5.49. The summed E-state index contributed by atoms with van der Waals surface area (Å²) in [5.74, 6) is 1.46. The fourth-order valence-corrected chi connectivity index (χ4v) is 4.98. The van der Waals surface area contributed by atoms with Gasteiger partial charge in [0, 0.05) is 31.8 Å². The van der Waals surface area contributed by atoms with E-state index in [2.05, 4.69) is 37.2 Å². The van der Waals surface area contributed by atoms with Gasteiger partial charge in [-0.2, -0.15) is 0 Å². The molecule has 0 radical (unpaired) electrons. The van der Waals surface area contributed by atoms with Crippen LogP contribution in [-0.4, -0.2) is 65.9 Å². The maximum atomic E-state index is 6.63. The van der Waals surface area contributed by atoms with Crippen LogP contribution >= 0.6 is 0 Å². The summed E-state index contributed by atoms with van der Waals surface area (Å²) in [4.78, 5) is 2.19. The van der Waals surface area contributed by atoms with Crippen LogP contribution in [0.4, 0.5) is 0 Å². The summed E-state index contributed by atoms with van der Waals surface area (Å²) >= 11 is 0. The summed E-state index contributed by atoms with van der Waals surface area (Å²) < 4.78 is 29.9. The molecule has 6 nitrogen and oxygen atoms in total. The third-order valence-electron chi connectivity index (χ3n) is 6.41. The molecule has 2 atom stereocenters. The van der Waals surface area contributed by atoms with Gasteiger partial charge in [0.25, 0.3) is 0 Å². The Morgan fingerprint density at radius 1 is 1.11 bits per heavy atom. The summed E-state index contributed by atoms with van der Waals surface area (Å²) in [6.45, 7) is 0.896. The first-order valence-electron chi connectivity index (χ1n) is 9.57. The van der Waals surface area contributed by atoms with Crippen molar-refractivity contribution in [1.29, 1.82) is 0 Å². The Morgan fingerprint density at radius 3 is 2.46 bits per heavy atom. The Morgan fingerprint density at radius 2 is 1.86 bits per heavy atom. The summed E-state index contributed by atoms with van der Waals surface area (Å²) in [5.41, 5.74) is 2.96. The topological polar surface area (TPSA) is 49.4 Å². The second-order valence-electron chi connectivity index (χ2n) is 7.84. The number of rotatable bonds is 7. The first kappa shape index (κ1) is 19.3. The van der Waals surface area contributed by atoms with E-state index >= 15 is 0 Å². The maximum Gasteiger partial charge on any atom is 0.210 e. The molecule has 3 aliphatic rings. The van der Waals surface area contributed by atoms with Crippen molar-refractivity contribution in [2.45, 2.75) is 30.1 Å². The highest BCUT2D eigenvalue weighted by Gasteiger charge is 2.65. The molecule has 28 heavy (non-hydrogen) atoms. The highest BCUT2D eigenvalue weighted by Crippen LogP contribution is 2.63. The number of allylic oxidation sites excluding steroid dienone is 1. The van der Waals surface area contributed by atoms with E-state index in [0.717, 1.165) is 41.4 Å². The fraction of sp³-hybridized carbons (Fsp3) is 0.545. The molecule has 0 spiro atoms. The van der Waals surface area contributed by atoms with E-state index in [9.17, 15) is 0 Å². The van der Waals surface area contributed by atoms with Gasteiger partial charge in [0.05, 0.1) is 19.6 Å². The van der Waals surface area contributed by atoms with Crippen LogP contribution in [0, 0.1) is 0 Å². The Labute approximate surface area is 166 Å². The van der Waals surface area contributed by atoms with Gasteiger partial charge in [-0.3, -0.25) is 0 Å². The number of hydrogen-bond acceptors (Lipinski definition) is 6.